The molecule has 0 amide bonds. The molecule has 28 heavy (non-hydrogen) atoms. The maximum Gasteiger partial charge on any atom is 0.232 e. The lowest BCUT2D eigenvalue weighted by molar-refractivity contribution is 0.297. The number of halogens is 1. The lowest BCUT2D eigenvalue weighted by Gasteiger charge is -2.10. The number of benzene rings is 2. The van der Waals surface area contributed by atoms with Crippen LogP contribution in [0, 0.1) is 0 Å². The number of rotatable bonds is 5. The summed E-state index contributed by atoms with van der Waals surface area (Å²) in [6, 6.07) is 13.2. The van der Waals surface area contributed by atoms with Crippen LogP contribution < -0.4 is 20.5 Å². The predicted octanol–water partition coefficient (Wildman–Crippen LogP) is 4.30. The summed E-state index contributed by atoms with van der Waals surface area (Å²) < 4.78 is 11.4. The van der Waals surface area contributed by atoms with Gasteiger partial charge in [-0.1, -0.05) is 11.6 Å². The van der Waals surface area contributed by atoms with Crippen LogP contribution in [0.2, 0.25) is 5.02 Å². The molecule has 1 aromatic heterocycles. The van der Waals surface area contributed by atoms with E-state index in [1.54, 1.807) is 23.9 Å². The summed E-state index contributed by atoms with van der Waals surface area (Å²) in [6.07, 6.45) is 0.880. The molecule has 3 N–H and O–H groups in total. The minimum atomic E-state index is 0.167. The first-order valence-electron chi connectivity index (χ1n) is 8.71. The van der Waals surface area contributed by atoms with Crippen LogP contribution in [0.5, 0.6) is 11.5 Å². The molecule has 0 atom stereocenters. The van der Waals surface area contributed by atoms with Gasteiger partial charge in [-0.15, -0.1) is 11.8 Å². The van der Waals surface area contributed by atoms with Crippen molar-refractivity contribution in [2.45, 2.75) is 17.1 Å². The fourth-order valence-electron chi connectivity index (χ4n) is 2.60. The Labute approximate surface area is 171 Å². The second-order valence-corrected chi connectivity index (χ2v) is 7.50. The van der Waals surface area contributed by atoms with Gasteiger partial charge in [-0.05, 0) is 42.5 Å². The zero-order valence-electron chi connectivity index (χ0n) is 14.9. The van der Waals surface area contributed by atoms with Crippen molar-refractivity contribution in [1.82, 2.24) is 15.0 Å². The number of nitrogens with two attached hydrogens (primary N) is 1. The zero-order chi connectivity index (χ0) is 19.3. The van der Waals surface area contributed by atoms with E-state index < -0.39 is 0 Å². The van der Waals surface area contributed by atoms with Gasteiger partial charge in [0.2, 0.25) is 11.9 Å². The predicted molar refractivity (Wildman–Crippen MR) is 111 cm³/mol. The standard InChI is InChI=1S/C19H18ClN5O2S/c20-12-2-4-13(5-3-12)22-19-24-17(23-18(21)25-19)11-28-14-6-7-15-16(10-14)27-9-1-8-26-15/h2-7,10H,1,8-9,11H2,(H3,21,22,23,24,25). The van der Waals surface area contributed by atoms with Crippen LogP contribution in [0.1, 0.15) is 12.2 Å². The monoisotopic (exact) mass is 415 g/mol. The van der Waals surface area contributed by atoms with Crippen LogP contribution in [0.4, 0.5) is 17.6 Å². The van der Waals surface area contributed by atoms with Gasteiger partial charge in [-0.25, -0.2) is 0 Å². The molecule has 0 saturated carbocycles. The fourth-order valence-corrected chi connectivity index (χ4v) is 3.51. The van der Waals surface area contributed by atoms with Gasteiger partial charge in [-0.2, -0.15) is 15.0 Å². The Hall–Kier alpha value is -2.71. The molecule has 4 rings (SSSR count). The highest BCUT2D eigenvalue weighted by Crippen LogP contribution is 2.34. The molecule has 7 nitrogen and oxygen atoms in total. The van der Waals surface area contributed by atoms with Gasteiger partial charge in [0, 0.05) is 22.0 Å². The minimum absolute atomic E-state index is 0.167. The zero-order valence-corrected chi connectivity index (χ0v) is 16.5. The van der Waals surface area contributed by atoms with Crippen LogP contribution >= 0.6 is 23.4 Å². The Morgan fingerprint density at radius 1 is 1.00 bits per heavy atom. The van der Waals surface area contributed by atoms with Crippen molar-refractivity contribution in [1.29, 1.82) is 0 Å². The molecular formula is C19H18ClN5O2S. The molecule has 0 fully saturated rings. The first-order valence-corrected chi connectivity index (χ1v) is 10.1. The summed E-state index contributed by atoms with van der Waals surface area (Å²) in [5.41, 5.74) is 6.66. The van der Waals surface area contributed by atoms with E-state index in [2.05, 4.69) is 20.3 Å². The van der Waals surface area contributed by atoms with Crippen molar-refractivity contribution >= 4 is 40.9 Å². The molecule has 1 aliphatic rings. The molecule has 2 heterocycles. The van der Waals surface area contributed by atoms with E-state index in [-0.39, 0.29) is 5.95 Å². The highest BCUT2D eigenvalue weighted by atomic mass is 35.5. The smallest absolute Gasteiger partial charge is 0.232 e. The van der Waals surface area contributed by atoms with E-state index in [9.17, 15) is 0 Å². The second kappa shape index (κ2) is 8.53. The molecular weight excluding hydrogens is 398 g/mol. The molecule has 144 valence electrons. The van der Waals surface area contributed by atoms with Crippen molar-refractivity contribution in [3.63, 3.8) is 0 Å². The maximum absolute atomic E-state index is 5.91. The van der Waals surface area contributed by atoms with Gasteiger partial charge in [0.1, 0.15) is 5.82 Å². The van der Waals surface area contributed by atoms with Gasteiger partial charge in [-0.3, -0.25) is 0 Å². The number of thioether (sulfide) groups is 1. The van der Waals surface area contributed by atoms with Crippen LogP contribution in [0.15, 0.2) is 47.4 Å². The van der Waals surface area contributed by atoms with Crippen molar-refractivity contribution in [3.05, 3.63) is 53.3 Å². The van der Waals surface area contributed by atoms with Crippen LogP contribution in [0.3, 0.4) is 0 Å². The number of nitrogen functional groups attached to an aromatic ring is 1. The number of aromatic nitrogens is 3. The van der Waals surface area contributed by atoms with Crippen LogP contribution in [0.25, 0.3) is 0 Å². The molecule has 0 saturated heterocycles. The topological polar surface area (TPSA) is 95.2 Å². The molecule has 0 spiro atoms. The Morgan fingerprint density at radius 2 is 1.79 bits per heavy atom. The quantitative estimate of drug-likeness (QED) is 0.595. The van der Waals surface area contributed by atoms with E-state index in [4.69, 9.17) is 26.8 Å². The lowest BCUT2D eigenvalue weighted by atomic mass is 10.3. The third-order valence-corrected chi connectivity index (χ3v) is 5.13. The summed E-state index contributed by atoms with van der Waals surface area (Å²) in [6.45, 7) is 1.33. The van der Waals surface area contributed by atoms with Crippen molar-refractivity contribution < 1.29 is 9.47 Å². The van der Waals surface area contributed by atoms with Crippen molar-refractivity contribution in [2.24, 2.45) is 0 Å². The molecule has 3 aromatic rings. The molecule has 1 aliphatic heterocycles. The molecule has 2 aromatic carbocycles. The third kappa shape index (κ3) is 4.76. The fraction of sp³-hybridized carbons (Fsp3) is 0.211. The maximum atomic E-state index is 5.91. The lowest BCUT2D eigenvalue weighted by Crippen LogP contribution is -2.06. The summed E-state index contributed by atoms with van der Waals surface area (Å²) in [7, 11) is 0. The third-order valence-electron chi connectivity index (χ3n) is 3.89. The molecule has 0 aliphatic carbocycles. The van der Waals surface area contributed by atoms with Gasteiger partial charge < -0.3 is 20.5 Å². The largest absolute Gasteiger partial charge is 0.490 e. The number of anilines is 3. The van der Waals surface area contributed by atoms with Gasteiger partial charge >= 0.3 is 0 Å². The number of hydrogen-bond donors (Lipinski definition) is 2. The van der Waals surface area contributed by atoms with E-state index in [0.717, 1.165) is 28.5 Å². The Bertz CT molecular complexity index is 971. The summed E-state index contributed by atoms with van der Waals surface area (Å²) in [5.74, 6) is 3.23. The number of fused-ring (bicyclic) bond motifs is 1. The second-order valence-electron chi connectivity index (χ2n) is 6.01. The first kappa shape index (κ1) is 18.6. The molecule has 9 heteroatoms. The highest BCUT2D eigenvalue weighted by molar-refractivity contribution is 7.98. The number of hydrogen-bond acceptors (Lipinski definition) is 8. The Morgan fingerprint density at radius 3 is 2.61 bits per heavy atom. The van der Waals surface area contributed by atoms with Gasteiger partial charge in [0.05, 0.1) is 19.0 Å². The Kier molecular flexibility index (Phi) is 5.68. The van der Waals surface area contributed by atoms with Gasteiger partial charge in [0.25, 0.3) is 0 Å². The van der Waals surface area contributed by atoms with E-state index in [0.29, 0.717) is 35.8 Å². The molecule has 0 radical (unpaired) electrons. The molecule has 0 unspecified atom stereocenters. The minimum Gasteiger partial charge on any atom is -0.490 e. The van der Waals surface area contributed by atoms with Crippen LogP contribution in [-0.2, 0) is 5.75 Å². The Balaban J connectivity index is 1.45. The SMILES string of the molecule is Nc1nc(CSc2ccc3c(c2)OCCCO3)nc(Nc2ccc(Cl)cc2)n1. The van der Waals surface area contributed by atoms with Gasteiger partial charge in [0.15, 0.2) is 11.5 Å². The van der Waals surface area contributed by atoms with E-state index in [1.807, 2.05) is 30.3 Å². The number of nitrogens with zero attached hydrogens (tertiary/aromatic N) is 3. The normalized spacial score (nSPS) is 13.0. The summed E-state index contributed by atoms with van der Waals surface area (Å²) >= 11 is 7.50. The average molecular weight is 416 g/mol. The average Bonchev–Trinajstić information content (AvgIpc) is 2.93. The van der Waals surface area contributed by atoms with Crippen molar-refractivity contribution in [3.8, 4) is 11.5 Å². The number of ether oxygens (including phenoxy) is 2. The van der Waals surface area contributed by atoms with Crippen LogP contribution in [-0.4, -0.2) is 28.2 Å². The highest BCUT2D eigenvalue weighted by Gasteiger charge is 2.12. The van der Waals surface area contributed by atoms with E-state index >= 15 is 0 Å². The first-order chi connectivity index (χ1) is 13.7. The summed E-state index contributed by atoms with van der Waals surface area (Å²) in [5, 5.41) is 3.77. The van der Waals surface area contributed by atoms with E-state index in [1.165, 1.54) is 0 Å². The number of nitrogens with one attached hydrogen (secondary N) is 1. The summed E-state index contributed by atoms with van der Waals surface area (Å²) in [4.78, 5) is 13.8. The van der Waals surface area contributed by atoms with Crippen molar-refractivity contribution in [2.75, 3.05) is 24.3 Å². The molecule has 0 bridgehead atoms.